The summed E-state index contributed by atoms with van der Waals surface area (Å²) >= 11 is 0. The van der Waals surface area contributed by atoms with E-state index < -0.39 is 123 Å². The highest BCUT2D eigenvalue weighted by Gasteiger charge is 2.48. The fourth-order valence-corrected chi connectivity index (χ4v) is 11.2. The maximum Gasteiger partial charge on any atom is 0.313 e. The average molecular weight is 988 g/mol. The van der Waals surface area contributed by atoms with E-state index in [9.17, 15) is 67.8 Å². The first-order valence-corrected chi connectivity index (χ1v) is 24.1. The van der Waals surface area contributed by atoms with Gasteiger partial charge in [-0.2, -0.15) is 4.98 Å². The van der Waals surface area contributed by atoms with Crippen LogP contribution >= 0.6 is 31.0 Å². The zero-order chi connectivity index (χ0) is 46.7. The maximum atomic E-state index is 12.6. The Morgan fingerprint density at radius 2 is 1.55 bits per heavy atom. The van der Waals surface area contributed by atoms with Gasteiger partial charge in [0.1, 0.15) is 44.2 Å². The fourth-order valence-electron chi connectivity index (χ4n) is 6.52. The molecule has 2 saturated heterocycles. The number of aromatic nitrogens is 11. The number of H-pyrrole nitrogens is 2. The topological polar surface area (TPSA) is 510 Å². The Morgan fingerprint density at radius 1 is 0.891 bits per heavy atom. The molecule has 2 fully saturated rings. The first kappa shape index (κ1) is 47.7. The van der Waals surface area contributed by atoms with Crippen LogP contribution in [0.2, 0.25) is 0 Å². The van der Waals surface area contributed by atoms with Crippen LogP contribution in [0.1, 0.15) is 18.1 Å². The third-order valence-corrected chi connectivity index (χ3v) is 15.0. The molecule has 0 bridgehead atoms. The minimum absolute atomic E-state index is 0.0147. The molecule has 5 aromatic rings. The highest BCUT2D eigenvalue weighted by atomic mass is 31.3. The summed E-state index contributed by atoms with van der Waals surface area (Å²) in [4.78, 5) is 90.6. The molecular weight excluding hydrogens is 952 g/mol. The number of aliphatic hydroxyl groups is 4. The minimum atomic E-state index is -6.28. The lowest BCUT2D eigenvalue weighted by molar-refractivity contribution is -0.745. The number of nitrogens with two attached hydrogens (primary N) is 2. The molecule has 38 heteroatoms. The number of phosphoric ester groups is 1. The molecule has 7 rings (SSSR count). The number of aryl methyl sites for hydroxylation is 1. The van der Waals surface area contributed by atoms with Crippen LogP contribution in [0, 0.1) is 0 Å². The van der Waals surface area contributed by atoms with Crippen LogP contribution in [0.25, 0.3) is 22.3 Å². The summed E-state index contributed by atoms with van der Waals surface area (Å²) in [5, 5.41) is 51.3. The molecule has 7 heterocycles. The second-order valence-corrected chi connectivity index (χ2v) is 20.4. The van der Waals surface area contributed by atoms with Gasteiger partial charge in [-0.25, -0.2) is 13.9 Å². The number of nitrogens with one attached hydrogen (secondary N) is 3. The lowest BCUT2D eigenvalue weighted by Gasteiger charge is -2.34. The van der Waals surface area contributed by atoms with Crippen molar-refractivity contribution in [2.45, 2.75) is 61.8 Å². The van der Waals surface area contributed by atoms with Crippen LogP contribution in [0.5, 0.6) is 0 Å². The molecule has 64 heavy (non-hydrogen) atoms. The average Bonchev–Trinajstić information content (AvgIpc) is 3.98. The fraction of sp³-hybridized carbons (Fsp3) is 0.538. The first-order valence-electron chi connectivity index (χ1n) is 17.9. The highest BCUT2D eigenvalue weighted by Crippen LogP contribution is 2.63. The molecule has 0 spiro atoms. The number of aliphatic hydroxyl groups excluding tert-OH is 4. The molecule has 0 saturated carbocycles. The molecule has 12 atom stereocenters. The molecule has 0 radical (unpaired) electrons. The summed E-state index contributed by atoms with van der Waals surface area (Å²) in [6, 6.07) is 0. The highest BCUT2D eigenvalue weighted by molar-refractivity contribution is 7.66. The van der Waals surface area contributed by atoms with Crippen molar-refractivity contribution in [2.24, 2.45) is 7.05 Å². The lowest BCUT2D eigenvalue weighted by atomic mass is 10.1. The summed E-state index contributed by atoms with van der Waals surface area (Å²) in [6.45, 7) is -2.74. The number of rotatable bonds is 18. The van der Waals surface area contributed by atoms with Gasteiger partial charge in [0.15, 0.2) is 23.7 Å². The molecule has 2 aliphatic heterocycles. The standard InChI is InChI=1S/C26H38N14O20P4/c1-37-9-40(20-14(37)22(46)34-26(28)32-20)24-18(44)16(42)12(58-24)6-56-63(51,52)60-64(53,54)59-61(47,48)7-10-4-38(36-35-10)3-2-30-62(49,50)55-5-11-15(41)17(43)23(57-11)39-8-29-13-19(39)31-25(27)33-21(13)45/h4,8-9,11-12,15-18,23-24,41-44H,2-3,5-7H2,1H3,(H10-,27,28,30,31,32,33,34,45,46,47,48,49,50,51,52,53,54)/p-3/t11-,12-,15?,16?,17+,18+,23-,24-/m1/s1. The van der Waals surface area contributed by atoms with E-state index in [2.05, 4.69) is 53.5 Å². The van der Waals surface area contributed by atoms with E-state index >= 15 is 0 Å². The number of phosphoric acid groups is 2. The quantitative estimate of drug-likeness (QED) is 0.0291. The zero-order valence-corrected chi connectivity index (χ0v) is 35.8. The molecule has 11 N–H and O–H groups in total. The molecule has 2 aliphatic rings. The van der Waals surface area contributed by atoms with Gasteiger partial charge >= 0.3 is 5.65 Å². The minimum Gasteiger partial charge on any atom is -0.778 e. The Balaban J connectivity index is 0.860. The third kappa shape index (κ3) is 10.4. The zero-order valence-electron chi connectivity index (χ0n) is 32.2. The number of fused-ring (bicyclic) bond motifs is 2. The van der Waals surface area contributed by atoms with Gasteiger partial charge in [0.25, 0.3) is 32.7 Å². The number of nitrogens with zero attached hydrogens (tertiary/aromatic N) is 9. The number of nitrogen functional groups attached to an aromatic ring is 2. The molecule has 34 nitrogen and oxygen atoms in total. The van der Waals surface area contributed by atoms with Crippen LogP contribution in [0.4, 0.5) is 11.9 Å². The van der Waals surface area contributed by atoms with Gasteiger partial charge in [0.05, 0.1) is 45.0 Å². The van der Waals surface area contributed by atoms with Crippen LogP contribution in [0.3, 0.4) is 0 Å². The lowest BCUT2D eigenvalue weighted by Crippen LogP contribution is -2.46. The molecule has 6 unspecified atom stereocenters. The van der Waals surface area contributed by atoms with E-state index in [-0.39, 0.29) is 40.8 Å². The van der Waals surface area contributed by atoms with E-state index in [1.807, 2.05) is 0 Å². The number of imidazole rings is 2. The van der Waals surface area contributed by atoms with Gasteiger partial charge in [-0.05, 0) is 0 Å². The Morgan fingerprint density at radius 3 is 2.28 bits per heavy atom. The monoisotopic (exact) mass is 987 g/mol. The van der Waals surface area contributed by atoms with E-state index in [1.54, 1.807) is 0 Å². The largest absolute Gasteiger partial charge is 0.778 e. The van der Waals surface area contributed by atoms with Crippen molar-refractivity contribution in [1.82, 2.24) is 54.1 Å². The van der Waals surface area contributed by atoms with Crippen molar-refractivity contribution in [2.75, 3.05) is 31.2 Å². The maximum absolute atomic E-state index is 12.6. The number of hydrogen-bond acceptors (Lipinski definition) is 27. The van der Waals surface area contributed by atoms with Gasteiger partial charge in [0.2, 0.25) is 25.4 Å². The van der Waals surface area contributed by atoms with Gasteiger partial charge in [-0.1, -0.05) is 10.2 Å². The number of hydrogen-bond donors (Lipinski definition) is 9. The Kier molecular flexibility index (Phi) is 13.3. The van der Waals surface area contributed by atoms with Crippen LogP contribution in [0.15, 0.2) is 28.4 Å². The normalized spacial score (nSPS) is 27.7. The SMILES string of the molecule is Cn1c[n+]([C@@H]2O[C@H](COP(=O)([O-])OP(=O)([O-])OP(=O)([O-])Cc3cn(CCNP(=O)([O-])OC[C@H]4O[C@@H](n5cnc6c(=O)[nH]c(N)nc65)[C@@H](O)C4O)nn3)C(O)[C@@H]2O)c2nc(N)[nH]c(=O)c21. The summed E-state index contributed by atoms with van der Waals surface area (Å²) in [7, 11) is -21.3. The van der Waals surface area contributed by atoms with E-state index in [0.29, 0.717) is 0 Å². The predicted octanol–water partition coefficient (Wildman–Crippen LogP) is -7.51. The van der Waals surface area contributed by atoms with Crippen LogP contribution < -0.4 is 51.8 Å². The van der Waals surface area contributed by atoms with Crippen molar-refractivity contribution >= 4 is 65.2 Å². The smallest absolute Gasteiger partial charge is 0.313 e. The molecule has 5 aromatic heterocycles. The Bertz CT molecular complexity index is 2870. The molecule has 0 aliphatic carbocycles. The summed E-state index contributed by atoms with van der Waals surface area (Å²) in [5.41, 5.74) is 9.03. The second kappa shape index (κ2) is 17.9. The summed E-state index contributed by atoms with van der Waals surface area (Å²) in [5.74, 6) is -0.573. The molecular formula is C26H35N14O20P4-3. The van der Waals surface area contributed by atoms with Crippen LogP contribution in [-0.4, -0.2) is 126 Å². The number of ether oxygens (including phenoxy) is 2. The Hall–Kier alpha value is -4.24. The van der Waals surface area contributed by atoms with Crippen molar-refractivity contribution in [1.29, 1.82) is 0 Å². The summed E-state index contributed by atoms with van der Waals surface area (Å²) < 4.78 is 82.6. The van der Waals surface area contributed by atoms with Crippen LogP contribution in [-0.2, 0) is 65.2 Å². The third-order valence-electron chi connectivity index (χ3n) is 9.28. The van der Waals surface area contributed by atoms with Crippen molar-refractivity contribution in [3.63, 3.8) is 0 Å². The van der Waals surface area contributed by atoms with Gasteiger partial charge in [0, 0.05) is 12.7 Å². The van der Waals surface area contributed by atoms with E-state index in [4.69, 9.17) is 25.5 Å². The van der Waals surface area contributed by atoms with Gasteiger partial charge < -0.3 is 74.6 Å². The molecule has 0 amide bonds. The van der Waals surface area contributed by atoms with Crippen molar-refractivity contribution in [3.05, 3.63) is 45.3 Å². The van der Waals surface area contributed by atoms with E-state index in [1.165, 1.54) is 17.9 Å². The van der Waals surface area contributed by atoms with Gasteiger partial charge in [-0.3, -0.25) is 56.5 Å². The molecule has 0 aromatic carbocycles. The van der Waals surface area contributed by atoms with Crippen molar-refractivity contribution < 1.29 is 90.0 Å². The number of aromatic amines is 2. The summed E-state index contributed by atoms with van der Waals surface area (Å²) in [6.07, 6.45) is -10.9. The molecule has 352 valence electrons. The second-order valence-electron chi connectivity index (χ2n) is 13.9. The predicted molar refractivity (Wildman–Crippen MR) is 197 cm³/mol. The first-order chi connectivity index (χ1) is 29.8. The Labute approximate surface area is 354 Å². The van der Waals surface area contributed by atoms with Gasteiger partial charge in [-0.15, -0.1) is 5.10 Å². The number of anilines is 2. The van der Waals surface area contributed by atoms with Crippen molar-refractivity contribution in [3.8, 4) is 0 Å². The van der Waals surface area contributed by atoms with E-state index in [0.717, 1.165) is 26.3 Å².